The van der Waals surface area contributed by atoms with Gasteiger partial charge in [0.05, 0.1) is 16.9 Å². The van der Waals surface area contributed by atoms with E-state index in [2.05, 4.69) is 185 Å². The van der Waals surface area contributed by atoms with Crippen LogP contribution in [0.15, 0.2) is 174 Å². The second-order valence-corrected chi connectivity index (χ2v) is 13.7. The van der Waals surface area contributed by atoms with Gasteiger partial charge in [-0.2, -0.15) is 0 Å². The molecule has 0 saturated carbocycles. The Morgan fingerprint density at radius 3 is 1.96 bits per heavy atom. The monoisotopic (exact) mass is 652 g/mol. The van der Waals surface area contributed by atoms with Crippen LogP contribution in [0, 0.1) is 0 Å². The molecule has 3 nitrogen and oxygen atoms in total. The molecule has 51 heavy (non-hydrogen) atoms. The molecule has 1 aliphatic heterocycles. The summed E-state index contributed by atoms with van der Waals surface area (Å²) in [6.45, 7) is 0. The van der Waals surface area contributed by atoms with Gasteiger partial charge in [-0.05, 0) is 82.4 Å². The van der Waals surface area contributed by atoms with Crippen molar-refractivity contribution >= 4 is 56.4 Å². The molecule has 1 aliphatic carbocycles. The molecule has 2 aliphatic rings. The number of hydrogen-bond acceptors (Lipinski definition) is 2. The van der Waals surface area contributed by atoms with Gasteiger partial charge in [0.2, 0.25) is 0 Å². The number of para-hydroxylation sites is 3. The quantitative estimate of drug-likeness (QED) is 0.189. The summed E-state index contributed by atoms with van der Waals surface area (Å²) in [4.78, 5) is 2.55. The van der Waals surface area contributed by atoms with Gasteiger partial charge in [0.25, 0.3) is 0 Å². The van der Waals surface area contributed by atoms with E-state index >= 15 is 0 Å². The third-order valence-electron chi connectivity index (χ3n) is 10.9. The third kappa shape index (κ3) is 4.31. The number of nitrogens with zero attached hydrogens (tertiary/aromatic N) is 2. The number of anilines is 2. The summed E-state index contributed by atoms with van der Waals surface area (Å²) in [6.07, 6.45) is 5.02. The Bertz CT molecular complexity index is 2920. The Morgan fingerprint density at radius 1 is 0.451 bits per heavy atom. The molecule has 11 rings (SSSR count). The lowest BCUT2D eigenvalue weighted by atomic mass is 9.90. The Kier molecular flexibility index (Phi) is 6.08. The van der Waals surface area contributed by atoms with Gasteiger partial charge in [-0.25, -0.2) is 0 Å². The predicted molar refractivity (Wildman–Crippen MR) is 211 cm³/mol. The summed E-state index contributed by atoms with van der Waals surface area (Å²) in [5, 5.41) is 5.99. The van der Waals surface area contributed by atoms with E-state index in [-0.39, 0.29) is 12.0 Å². The van der Waals surface area contributed by atoms with E-state index in [1.807, 2.05) is 6.07 Å². The Balaban J connectivity index is 1.10. The highest BCUT2D eigenvalue weighted by Crippen LogP contribution is 2.48. The summed E-state index contributed by atoms with van der Waals surface area (Å²) < 4.78 is 8.87. The normalized spacial score (nSPS) is 16.1. The van der Waals surface area contributed by atoms with Gasteiger partial charge in [-0.15, -0.1) is 0 Å². The van der Waals surface area contributed by atoms with Crippen molar-refractivity contribution in [2.45, 2.75) is 12.0 Å². The highest BCUT2D eigenvalue weighted by molar-refractivity contribution is 6.10. The van der Waals surface area contributed by atoms with Gasteiger partial charge >= 0.3 is 0 Å². The molecule has 2 atom stereocenters. The van der Waals surface area contributed by atoms with Crippen LogP contribution in [0.1, 0.15) is 11.5 Å². The van der Waals surface area contributed by atoms with Crippen LogP contribution in [0.4, 0.5) is 11.4 Å². The molecule has 0 saturated heterocycles. The first-order valence-corrected chi connectivity index (χ1v) is 17.7. The summed E-state index contributed by atoms with van der Waals surface area (Å²) in [6, 6.07) is 61.3. The molecule has 3 heteroatoms. The third-order valence-corrected chi connectivity index (χ3v) is 10.9. The van der Waals surface area contributed by atoms with Crippen LogP contribution >= 0.6 is 0 Å². The maximum absolute atomic E-state index is 6.42. The summed E-state index contributed by atoms with van der Waals surface area (Å²) in [5.74, 6) is 0.198. The maximum atomic E-state index is 6.42. The van der Waals surface area contributed by atoms with Crippen LogP contribution in [-0.2, 0) is 0 Å². The number of hydrogen-bond donors (Lipinski definition) is 0. The van der Waals surface area contributed by atoms with Crippen molar-refractivity contribution in [3.8, 4) is 27.9 Å². The highest BCUT2D eigenvalue weighted by atomic mass is 16.3. The number of benzene rings is 7. The van der Waals surface area contributed by atoms with E-state index in [1.165, 1.54) is 60.7 Å². The zero-order chi connectivity index (χ0) is 33.5. The highest BCUT2D eigenvalue weighted by Gasteiger charge is 2.39. The van der Waals surface area contributed by atoms with Crippen molar-refractivity contribution < 1.29 is 4.42 Å². The average Bonchev–Trinajstić information content (AvgIpc) is 3.83. The van der Waals surface area contributed by atoms with Crippen LogP contribution in [-0.4, -0.2) is 10.6 Å². The van der Waals surface area contributed by atoms with Crippen LogP contribution < -0.4 is 15.5 Å². The van der Waals surface area contributed by atoms with Crippen molar-refractivity contribution in [3.05, 3.63) is 186 Å². The second-order valence-electron chi connectivity index (χ2n) is 13.7. The van der Waals surface area contributed by atoms with E-state index in [4.69, 9.17) is 4.42 Å². The molecule has 3 heterocycles. The van der Waals surface area contributed by atoms with Crippen molar-refractivity contribution in [2.24, 2.45) is 0 Å². The number of rotatable bonds is 4. The first-order chi connectivity index (χ1) is 25.3. The number of aromatic nitrogens is 1. The maximum Gasteiger partial charge on any atom is 0.136 e. The van der Waals surface area contributed by atoms with E-state index in [0.717, 1.165) is 27.6 Å². The van der Waals surface area contributed by atoms with Gasteiger partial charge < -0.3 is 13.9 Å². The summed E-state index contributed by atoms with van der Waals surface area (Å²) in [7, 11) is 0. The van der Waals surface area contributed by atoms with Crippen LogP contribution in [0.2, 0.25) is 0 Å². The van der Waals surface area contributed by atoms with Gasteiger partial charge in [0.1, 0.15) is 11.2 Å². The molecule has 7 aromatic carbocycles. The molecular formula is C48H32N2O. The molecule has 9 aromatic rings. The Hall–Kier alpha value is -6.58. The molecule has 0 radical (unpaired) electrons. The average molecular weight is 653 g/mol. The minimum absolute atomic E-state index is 0.112. The van der Waals surface area contributed by atoms with Gasteiger partial charge in [-0.3, -0.25) is 0 Å². The molecule has 0 bridgehead atoms. The van der Waals surface area contributed by atoms with Crippen LogP contribution in [0.25, 0.3) is 72.9 Å². The first-order valence-electron chi connectivity index (χ1n) is 17.7. The van der Waals surface area contributed by atoms with E-state index in [1.54, 1.807) is 0 Å². The van der Waals surface area contributed by atoms with Gasteiger partial charge in [-0.1, -0.05) is 127 Å². The van der Waals surface area contributed by atoms with Crippen molar-refractivity contribution in [1.29, 1.82) is 0 Å². The molecule has 2 unspecified atom stereocenters. The predicted octanol–water partition coefficient (Wildman–Crippen LogP) is 10.7. The van der Waals surface area contributed by atoms with Crippen LogP contribution in [0.3, 0.4) is 0 Å². The molecule has 2 aromatic heterocycles. The lowest BCUT2D eigenvalue weighted by molar-refractivity contribution is 0.669. The minimum atomic E-state index is 0.112. The van der Waals surface area contributed by atoms with Crippen molar-refractivity contribution in [2.75, 3.05) is 4.90 Å². The summed E-state index contributed by atoms with van der Waals surface area (Å²) >= 11 is 0. The zero-order valence-corrected chi connectivity index (χ0v) is 27.8. The van der Waals surface area contributed by atoms with Gasteiger partial charge in [0.15, 0.2) is 0 Å². The van der Waals surface area contributed by atoms with Crippen molar-refractivity contribution in [1.82, 2.24) is 4.57 Å². The zero-order valence-electron chi connectivity index (χ0n) is 27.8. The fourth-order valence-electron chi connectivity index (χ4n) is 8.58. The lowest BCUT2D eigenvalue weighted by Crippen LogP contribution is -2.40. The van der Waals surface area contributed by atoms with E-state index < -0.39 is 0 Å². The smallest absolute Gasteiger partial charge is 0.136 e. The standard InChI is InChI=1S/C48H32N2O/c1-3-12-31(13-4-1)32-22-24-33(25-23-32)34-14-11-17-36(26-34)50-43-20-9-7-18-37(43)39-27-40-41-29-48-42(38-19-8-10-21-47(38)51-48)28-44(41)49(46(40)30-45(39)50)35-15-5-2-6-16-35/h1-30,39,45H. The minimum Gasteiger partial charge on any atom is -0.456 e. The summed E-state index contributed by atoms with van der Waals surface area (Å²) in [5.41, 5.74) is 12.9. The molecule has 240 valence electrons. The number of fused-ring (bicyclic) bond motifs is 9. The Labute approximate surface area is 295 Å². The largest absolute Gasteiger partial charge is 0.456 e. The SMILES string of the molecule is C1=c2c(n(-c3ccccc3)c3cc4c(cc23)oc2ccccc24)=CC2C1c1ccccc1N2c1cccc(-c2ccc(-c3ccccc3)cc2)c1. The van der Waals surface area contributed by atoms with E-state index in [0.29, 0.717) is 0 Å². The number of furan rings is 1. The molecule has 0 amide bonds. The topological polar surface area (TPSA) is 21.3 Å². The first kappa shape index (κ1) is 28.3. The molecular weight excluding hydrogens is 621 g/mol. The lowest BCUT2D eigenvalue weighted by Gasteiger charge is -2.29. The van der Waals surface area contributed by atoms with Crippen LogP contribution in [0.5, 0.6) is 0 Å². The second kappa shape index (κ2) is 11.0. The molecule has 0 fully saturated rings. The van der Waals surface area contributed by atoms with Crippen molar-refractivity contribution in [3.63, 3.8) is 0 Å². The Morgan fingerprint density at radius 2 is 1.12 bits per heavy atom. The van der Waals surface area contributed by atoms with Gasteiger partial charge in [0, 0.05) is 44.4 Å². The molecule has 0 N–H and O–H groups in total. The fraction of sp³-hybridized carbons (Fsp3) is 0.0417. The fourth-order valence-corrected chi connectivity index (χ4v) is 8.58. The molecule has 0 spiro atoms. The van der Waals surface area contributed by atoms with E-state index in [9.17, 15) is 0 Å².